The number of carbonyl (C=O) groups is 2. The molecule has 1 aliphatic heterocycles. The number of benzene rings is 3. The molecule has 1 unspecified atom stereocenters. The molecule has 5 rings (SSSR count). The Morgan fingerprint density at radius 3 is 2.54 bits per heavy atom. The molecule has 46 heavy (non-hydrogen) atoms. The van der Waals surface area contributed by atoms with Crippen molar-refractivity contribution in [2.45, 2.75) is 78.0 Å². The van der Waals surface area contributed by atoms with Gasteiger partial charge in [-0.25, -0.2) is 13.1 Å². The van der Waals surface area contributed by atoms with E-state index in [9.17, 15) is 18.0 Å². The summed E-state index contributed by atoms with van der Waals surface area (Å²) in [5, 5.41) is 11.4. The van der Waals surface area contributed by atoms with E-state index in [0.29, 0.717) is 18.7 Å². The highest BCUT2D eigenvalue weighted by atomic mass is 32.2. The number of aromatic nitrogens is 3. The number of nitrogens with one attached hydrogen (secondary N) is 1. The Labute approximate surface area is 270 Å². The monoisotopic (exact) mass is 646 g/mol. The molecule has 0 saturated heterocycles. The van der Waals surface area contributed by atoms with Crippen LogP contribution in [0.25, 0.3) is 11.0 Å². The maximum Gasteiger partial charge on any atom is 0.247 e. The minimum absolute atomic E-state index is 0.125. The van der Waals surface area contributed by atoms with Crippen molar-refractivity contribution in [3.63, 3.8) is 0 Å². The average molecular weight is 647 g/mol. The molecule has 4 aromatic rings. The van der Waals surface area contributed by atoms with Gasteiger partial charge in [0.15, 0.2) is 0 Å². The summed E-state index contributed by atoms with van der Waals surface area (Å²) in [4.78, 5) is 25.4. The fraction of sp³-hybridized carbons (Fsp3) is 0.412. The fourth-order valence-electron chi connectivity index (χ4n) is 6.28. The number of hydrogen-bond acceptors (Lipinski definition) is 7. The maximum absolute atomic E-state index is 14.0. The molecule has 3 aromatic carbocycles. The third kappa shape index (κ3) is 6.11. The van der Waals surface area contributed by atoms with Crippen molar-refractivity contribution in [2.24, 2.45) is 11.1 Å². The maximum atomic E-state index is 14.0. The zero-order valence-corrected chi connectivity index (χ0v) is 28.0. The van der Waals surface area contributed by atoms with Crippen LogP contribution in [-0.4, -0.2) is 58.7 Å². The largest absolute Gasteiger partial charge is 0.488 e. The van der Waals surface area contributed by atoms with Gasteiger partial charge in [-0.1, -0.05) is 62.4 Å². The second-order valence-corrected chi connectivity index (χ2v) is 14.3. The van der Waals surface area contributed by atoms with Gasteiger partial charge in [0, 0.05) is 19.0 Å². The summed E-state index contributed by atoms with van der Waals surface area (Å²) in [6, 6.07) is 16.6. The van der Waals surface area contributed by atoms with Gasteiger partial charge in [0.1, 0.15) is 22.3 Å². The smallest absolute Gasteiger partial charge is 0.247 e. The molecule has 3 N–H and O–H groups in total. The first-order valence-corrected chi connectivity index (χ1v) is 17.0. The number of aryl methyl sites for hydroxylation is 3. The van der Waals surface area contributed by atoms with Crippen molar-refractivity contribution in [1.82, 2.24) is 24.6 Å². The highest BCUT2D eigenvalue weighted by molar-refractivity contribution is 7.89. The molecule has 2 amide bonds. The Balaban J connectivity index is 1.63. The number of ether oxygens (including phenoxy) is 1. The minimum atomic E-state index is -3.87. The van der Waals surface area contributed by atoms with Gasteiger partial charge >= 0.3 is 0 Å². The van der Waals surface area contributed by atoms with Gasteiger partial charge in [-0.2, -0.15) is 4.31 Å². The molecule has 0 saturated carbocycles. The molecule has 0 fully saturated rings. The van der Waals surface area contributed by atoms with E-state index in [1.165, 1.54) is 4.31 Å². The Kier molecular flexibility index (Phi) is 9.23. The molecule has 0 spiro atoms. The number of nitrogens with zero attached hydrogens (tertiary/aromatic N) is 4. The standard InChI is InChI=1S/C34H42N6O5S/c1-7-25-20-39(46(43,44)29-12-10-9-11-28(29)45-25)19-24-17-23(14-13-21(24)3)31(34(5,6)33(42)36-18-30(35)41)26-15-16-27-32(22(26)4)37-38-40(27)8-2/h9-17,25,31H,7-8,18-20H2,1-6H3,(H2,35,41)(H,36,42)/t25-,31?/m1/s1. The van der Waals surface area contributed by atoms with E-state index in [1.807, 2.05) is 76.6 Å². The normalized spacial score (nSPS) is 17.1. The summed E-state index contributed by atoms with van der Waals surface area (Å²) in [5.41, 5.74) is 10.2. The Bertz CT molecular complexity index is 1900. The number of nitrogens with two attached hydrogens (primary N) is 1. The van der Waals surface area contributed by atoms with E-state index < -0.39 is 27.3 Å². The molecule has 2 heterocycles. The molecule has 1 aliphatic rings. The van der Waals surface area contributed by atoms with Gasteiger partial charge < -0.3 is 15.8 Å². The molecular weight excluding hydrogens is 604 g/mol. The van der Waals surface area contributed by atoms with E-state index in [1.54, 1.807) is 24.3 Å². The quantitative estimate of drug-likeness (QED) is 0.262. The second kappa shape index (κ2) is 12.8. The summed E-state index contributed by atoms with van der Waals surface area (Å²) in [5.74, 6) is -1.12. The van der Waals surface area contributed by atoms with Gasteiger partial charge in [-0.15, -0.1) is 5.10 Å². The van der Waals surface area contributed by atoms with Gasteiger partial charge in [0.2, 0.25) is 21.8 Å². The molecule has 1 aromatic heterocycles. The predicted octanol–water partition coefficient (Wildman–Crippen LogP) is 4.19. The van der Waals surface area contributed by atoms with Crippen molar-refractivity contribution in [1.29, 1.82) is 0 Å². The molecular formula is C34H42N6O5S. The highest BCUT2D eigenvalue weighted by Crippen LogP contribution is 2.44. The van der Waals surface area contributed by atoms with Crippen molar-refractivity contribution in [3.8, 4) is 5.75 Å². The van der Waals surface area contributed by atoms with Crippen LogP contribution in [0.2, 0.25) is 0 Å². The van der Waals surface area contributed by atoms with Crippen LogP contribution in [0.5, 0.6) is 5.75 Å². The molecule has 0 radical (unpaired) electrons. The van der Waals surface area contributed by atoms with E-state index in [0.717, 1.165) is 38.9 Å². The zero-order chi connectivity index (χ0) is 33.4. The van der Waals surface area contributed by atoms with Gasteiger partial charge in [-0.05, 0) is 73.2 Å². The van der Waals surface area contributed by atoms with E-state index in [2.05, 4.69) is 15.6 Å². The number of carbonyl (C=O) groups excluding carboxylic acids is 2. The van der Waals surface area contributed by atoms with Crippen LogP contribution in [0.15, 0.2) is 59.5 Å². The lowest BCUT2D eigenvalue weighted by Gasteiger charge is -2.35. The lowest BCUT2D eigenvalue weighted by molar-refractivity contribution is -0.131. The summed E-state index contributed by atoms with van der Waals surface area (Å²) in [7, 11) is -3.87. The predicted molar refractivity (Wildman–Crippen MR) is 176 cm³/mol. The van der Waals surface area contributed by atoms with Gasteiger partial charge in [0.05, 0.1) is 24.0 Å². The summed E-state index contributed by atoms with van der Waals surface area (Å²) < 4.78 is 37.3. The Morgan fingerprint density at radius 2 is 1.85 bits per heavy atom. The summed E-state index contributed by atoms with van der Waals surface area (Å²) in [6.07, 6.45) is 0.328. The number of para-hydroxylation sites is 1. The Hall–Kier alpha value is -4.29. The van der Waals surface area contributed by atoms with Crippen molar-refractivity contribution in [2.75, 3.05) is 13.1 Å². The first-order valence-electron chi connectivity index (χ1n) is 15.5. The zero-order valence-electron chi connectivity index (χ0n) is 27.2. The topological polar surface area (TPSA) is 150 Å². The van der Waals surface area contributed by atoms with Crippen molar-refractivity contribution in [3.05, 3.63) is 82.4 Å². The molecule has 0 bridgehead atoms. The number of fused-ring (bicyclic) bond motifs is 2. The van der Waals surface area contributed by atoms with Gasteiger partial charge in [0.25, 0.3) is 0 Å². The third-order valence-corrected chi connectivity index (χ3v) is 10.9. The van der Waals surface area contributed by atoms with Crippen molar-refractivity contribution >= 4 is 32.9 Å². The first kappa shape index (κ1) is 33.1. The van der Waals surface area contributed by atoms with Crippen LogP contribution in [0.3, 0.4) is 0 Å². The summed E-state index contributed by atoms with van der Waals surface area (Å²) in [6.45, 7) is 12.3. The number of rotatable bonds is 10. The second-order valence-electron chi connectivity index (χ2n) is 12.4. The van der Waals surface area contributed by atoms with Crippen LogP contribution in [-0.2, 0) is 32.7 Å². The first-order chi connectivity index (χ1) is 21.8. The SMILES string of the molecule is CC[C@@H]1CN(Cc2cc(C(c3ccc4c(nnn4CC)c3C)C(C)(C)C(=O)NCC(N)=O)ccc2C)S(=O)(=O)c2ccccc2O1. The van der Waals surface area contributed by atoms with Crippen LogP contribution in [0, 0.1) is 19.3 Å². The van der Waals surface area contributed by atoms with Crippen LogP contribution < -0.4 is 15.8 Å². The number of hydrogen-bond donors (Lipinski definition) is 2. The molecule has 2 atom stereocenters. The number of amides is 2. The van der Waals surface area contributed by atoms with Crippen LogP contribution in [0.4, 0.5) is 0 Å². The van der Waals surface area contributed by atoms with Gasteiger partial charge in [-0.3, -0.25) is 9.59 Å². The molecule has 244 valence electrons. The molecule has 0 aliphatic carbocycles. The van der Waals surface area contributed by atoms with E-state index >= 15 is 0 Å². The molecule has 11 nitrogen and oxygen atoms in total. The minimum Gasteiger partial charge on any atom is -0.488 e. The number of primary amides is 1. The lowest BCUT2D eigenvalue weighted by Crippen LogP contribution is -2.44. The van der Waals surface area contributed by atoms with Crippen LogP contribution >= 0.6 is 0 Å². The van der Waals surface area contributed by atoms with E-state index in [4.69, 9.17) is 10.5 Å². The fourth-order valence-corrected chi connectivity index (χ4v) is 7.85. The summed E-state index contributed by atoms with van der Waals surface area (Å²) >= 11 is 0. The number of sulfonamides is 1. The van der Waals surface area contributed by atoms with Crippen molar-refractivity contribution < 1.29 is 22.7 Å². The third-order valence-electron chi connectivity index (χ3n) is 9.00. The van der Waals surface area contributed by atoms with Crippen LogP contribution in [0.1, 0.15) is 67.9 Å². The molecule has 12 heteroatoms. The lowest BCUT2D eigenvalue weighted by atomic mass is 9.69. The van der Waals surface area contributed by atoms with E-state index in [-0.39, 0.29) is 36.5 Å². The average Bonchev–Trinajstić information content (AvgIpc) is 3.41. The highest BCUT2D eigenvalue weighted by Gasteiger charge is 2.41. The Morgan fingerprint density at radius 1 is 1.11 bits per heavy atom.